The Morgan fingerprint density at radius 2 is 1.70 bits per heavy atom. The molecule has 1 saturated heterocycles. The van der Waals surface area contributed by atoms with Crippen molar-refractivity contribution in [3.63, 3.8) is 0 Å². The Balaban J connectivity index is 0.000000306. The normalized spacial score (nSPS) is 16.8. The molecule has 0 unspecified atom stereocenters. The Kier molecular flexibility index (Phi) is 9.25. The van der Waals surface area contributed by atoms with Crippen LogP contribution in [0.5, 0.6) is 0 Å². The first-order valence-corrected chi connectivity index (χ1v) is 15.6. The van der Waals surface area contributed by atoms with Crippen molar-refractivity contribution < 1.29 is 9.90 Å². The van der Waals surface area contributed by atoms with Crippen LogP contribution in [0.4, 0.5) is 0 Å². The van der Waals surface area contributed by atoms with E-state index in [0.717, 1.165) is 29.5 Å². The Bertz CT molecular complexity index is 1430. The number of hydrogen-bond acceptors (Lipinski definition) is 3. The minimum atomic E-state index is -0.874. The fourth-order valence-electron chi connectivity index (χ4n) is 6.97. The highest BCUT2D eigenvalue weighted by Gasteiger charge is 2.28. The van der Waals surface area contributed by atoms with Crippen LogP contribution in [0.2, 0.25) is 0 Å². The molecule has 1 aliphatic heterocycles. The molecule has 40 heavy (non-hydrogen) atoms. The number of benzene rings is 2. The third kappa shape index (κ3) is 5.83. The monoisotopic (exact) mass is 542 g/mol. The quantitative estimate of drug-likeness (QED) is 0.245. The molecule has 0 atom stereocenters. The molecule has 214 valence electrons. The van der Waals surface area contributed by atoms with Crippen molar-refractivity contribution >= 4 is 27.9 Å². The number of imidazole rings is 1. The Morgan fingerprint density at radius 3 is 2.40 bits per heavy atom. The van der Waals surface area contributed by atoms with Gasteiger partial charge in [-0.2, -0.15) is 0 Å². The summed E-state index contributed by atoms with van der Waals surface area (Å²) in [4.78, 5) is 22.1. The molecule has 0 amide bonds. The average Bonchev–Trinajstić information content (AvgIpc) is 3.58. The van der Waals surface area contributed by atoms with Gasteiger partial charge in [0.25, 0.3) is 0 Å². The molecular weight excluding hydrogens is 496 g/mol. The van der Waals surface area contributed by atoms with Crippen molar-refractivity contribution in [2.75, 3.05) is 19.6 Å². The summed E-state index contributed by atoms with van der Waals surface area (Å²) in [6, 6.07) is 10.00. The Labute approximate surface area is 238 Å². The predicted octanol–water partition coefficient (Wildman–Crippen LogP) is 8.53. The number of fused-ring (bicyclic) bond motifs is 2. The lowest BCUT2D eigenvalue weighted by Gasteiger charge is -2.25. The van der Waals surface area contributed by atoms with Gasteiger partial charge in [0.1, 0.15) is 0 Å². The van der Waals surface area contributed by atoms with Gasteiger partial charge in [0.05, 0.1) is 28.6 Å². The molecule has 6 heteroatoms. The molecule has 2 aromatic heterocycles. The zero-order valence-corrected chi connectivity index (χ0v) is 24.6. The van der Waals surface area contributed by atoms with E-state index in [9.17, 15) is 9.90 Å². The second-order valence-electron chi connectivity index (χ2n) is 11.7. The third-order valence-electron chi connectivity index (χ3n) is 8.90. The number of carbonyl (C=O) groups is 1. The molecule has 4 aromatic rings. The zero-order valence-electron chi connectivity index (χ0n) is 24.6. The highest BCUT2D eigenvalue weighted by Crippen LogP contribution is 2.45. The molecule has 2 fully saturated rings. The molecule has 0 radical (unpaired) electrons. The number of carboxylic acids is 1. The Morgan fingerprint density at radius 1 is 0.975 bits per heavy atom. The van der Waals surface area contributed by atoms with Crippen LogP contribution in [0.3, 0.4) is 0 Å². The van der Waals surface area contributed by atoms with Crippen molar-refractivity contribution in [3.05, 3.63) is 53.3 Å². The first-order valence-electron chi connectivity index (χ1n) is 15.6. The number of aromatic amines is 1. The van der Waals surface area contributed by atoms with Crippen molar-refractivity contribution in [1.29, 1.82) is 0 Å². The van der Waals surface area contributed by atoms with Crippen LogP contribution in [-0.4, -0.2) is 50.1 Å². The lowest BCUT2D eigenvalue weighted by molar-refractivity contribution is 0.0697. The summed E-state index contributed by atoms with van der Waals surface area (Å²) in [6.45, 7) is 11.5. The lowest BCUT2D eigenvalue weighted by atomic mass is 9.81. The maximum Gasteiger partial charge on any atom is 0.335 e. The van der Waals surface area contributed by atoms with Gasteiger partial charge >= 0.3 is 5.97 Å². The molecule has 6 nitrogen and oxygen atoms in total. The molecule has 2 aromatic carbocycles. The lowest BCUT2D eigenvalue weighted by Crippen LogP contribution is -2.30. The topological polar surface area (TPSA) is 74.2 Å². The fraction of sp³-hybridized carbons (Fsp3) is 0.529. The van der Waals surface area contributed by atoms with Crippen LogP contribution in [0, 0.1) is 6.92 Å². The summed E-state index contributed by atoms with van der Waals surface area (Å²) in [5.74, 6) is -0.365. The van der Waals surface area contributed by atoms with Crippen molar-refractivity contribution in [1.82, 2.24) is 19.4 Å². The highest BCUT2D eigenvalue weighted by molar-refractivity contribution is 5.99. The van der Waals surface area contributed by atoms with E-state index in [1.165, 1.54) is 105 Å². The van der Waals surface area contributed by atoms with Crippen LogP contribution in [-0.2, 0) is 6.54 Å². The second-order valence-corrected chi connectivity index (χ2v) is 11.7. The first-order chi connectivity index (χ1) is 19.5. The van der Waals surface area contributed by atoms with E-state index in [1.807, 2.05) is 12.1 Å². The van der Waals surface area contributed by atoms with Gasteiger partial charge in [-0.05, 0) is 100 Å². The second kappa shape index (κ2) is 13.0. The van der Waals surface area contributed by atoms with Crippen molar-refractivity contribution in [2.45, 2.75) is 97.4 Å². The van der Waals surface area contributed by atoms with Gasteiger partial charge in [-0.25, -0.2) is 9.78 Å². The number of piperidine rings is 1. The average molecular weight is 543 g/mol. The number of aromatic carboxylic acids is 1. The van der Waals surface area contributed by atoms with Gasteiger partial charge in [-0.3, -0.25) is 0 Å². The number of carboxylic acid groups (broad SMARTS) is 1. The van der Waals surface area contributed by atoms with E-state index < -0.39 is 5.97 Å². The molecular formula is C34H46N4O2. The van der Waals surface area contributed by atoms with E-state index in [2.05, 4.69) is 52.3 Å². The SMILES string of the molecule is CCCN1CCCCC1.CCCn1c(-c2ccc3[nH]cnc3c2C)c(C2CCCCC2)c2ccc(C(=O)O)cc21. The summed E-state index contributed by atoms with van der Waals surface area (Å²) in [7, 11) is 0. The van der Waals surface area contributed by atoms with Crippen LogP contribution in [0.25, 0.3) is 33.2 Å². The van der Waals surface area contributed by atoms with E-state index in [-0.39, 0.29) is 0 Å². The molecule has 6 rings (SSSR count). The molecule has 2 N–H and O–H groups in total. The fourth-order valence-corrected chi connectivity index (χ4v) is 6.97. The van der Waals surface area contributed by atoms with Crippen LogP contribution >= 0.6 is 0 Å². The molecule has 0 bridgehead atoms. The molecule has 2 aliphatic rings. The maximum absolute atomic E-state index is 11.7. The summed E-state index contributed by atoms with van der Waals surface area (Å²) in [5, 5.41) is 10.8. The number of nitrogens with zero attached hydrogens (tertiary/aromatic N) is 3. The Hall–Kier alpha value is -3.12. The van der Waals surface area contributed by atoms with E-state index in [1.54, 1.807) is 12.4 Å². The molecule has 1 aliphatic carbocycles. The molecule has 0 spiro atoms. The van der Waals surface area contributed by atoms with Gasteiger partial charge < -0.3 is 19.6 Å². The smallest absolute Gasteiger partial charge is 0.335 e. The molecule has 3 heterocycles. The van der Waals surface area contributed by atoms with Crippen LogP contribution in [0.15, 0.2) is 36.7 Å². The van der Waals surface area contributed by atoms with E-state index in [0.29, 0.717) is 11.5 Å². The van der Waals surface area contributed by atoms with E-state index in [4.69, 9.17) is 0 Å². The standard InChI is InChI=1S/C26H29N3O2.C8H17N/c1-3-13-29-22-14-18(26(30)31)9-10-20(22)23(17-7-5-4-6-8-17)25(29)19-11-12-21-24(16(19)2)28-15-27-21;1-2-6-9-7-4-3-5-8-9/h9-12,14-15,17H,3-8,13H2,1-2H3,(H,27,28)(H,30,31);2-8H2,1H3. The first kappa shape index (κ1) is 28.4. The summed E-state index contributed by atoms with van der Waals surface area (Å²) in [5.41, 5.74) is 8.49. The minimum Gasteiger partial charge on any atom is -0.478 e. The number of aromatic nitrogens is 3. The van der Waals surface area contributed by atoms with Gasteiger partial charge in [-0.15, -0.1) is 0 Å². The predicted molar refractivity (Wildman–Crippen MR) is 165 cm³/mol. The van der Waals surface area contributed by atoms with E-state index >= 15 is 0 Å². The molecule has 1 saturated carbocycles. The van der Waals surface area contributed by atoms with Crippen LogP contribution in [0.1, 0.15) is 105 Å². The summed E-state index contributed by atoms with van der Waals surface area (Å²) >= 11 is 0. The van der Waals surface area contributed by atoms with Crippen LogP contribution < -0.4 is 0 Å². The third-order valence-corrected chi connectivity index (χ3v) is 8.90. The number of likely N-dealkylation sites (tertiary alicyclic amines) is 1. The number of nitrogens with one attached hydrogen (secondary N) is 1. The minimum absolute atomic E-state index is 0.351. The van der Waals surface area contributed by atoms with Gasteiger partial charge in [0.2, 0.25) is 0 Å². The maximum atomic E-state index is 11.7. The number of rotatable bonds is 7. The zero-order chi connectivity index (χ0) is 28.1. The van der Waals surface area contributed by atoms with Crippen molar-refractivity contribution in [3.8, 4) is 11.3 Å². The van der Waals surface area contributed by atoms with Crippen molar-refractivity contribution in [2.24, 2.45) is 0 Å². The van der Waals surface area contributed by atoms with Gasteiger partial charge in [-0.1, -0.05) is 51.7 Å². The number of aryl methyl sites for hydroxylation is 2. The number of H-pyrrole nitrogens is 1. The summed E-state index contributed by atoms with van der Waals surface area (Å²) in [6.07, 6.45) is 14.6. The highest BCUT2D eigenvalue weighted by atomic mass is 16.4. The number of hydrogen-bond donors (Lipinski definition) is 2. The van der Waals surface area contributed by atoms with Gasteiger partial charge in [0, 0.05) is 23.0 Å². The van der Waals surface area contributed by atoms with Gasteiger partial charge in [0.15, 0.2) is 0 Å². The summed E-state index contributed by atoms with van der Waals surface area (Å²) < 4.78 is 2.37. The largest absolute Gasteiger partial charge is 0.478 e.